The van der Waals surface area contributed by atoms with Crippen molar-refractivity contribution in [2.75, 3.05) is 13.7 Å². The second-order valence-electron chi connectivity index (χ2n) is 5.11. The van der Waals surface area contributed by atoms with E-state index in [-0.39, 0.29) is 0 Å². The molecule has 0 unspecified atom stereocenters. The molecule has 0 atom stereocenters. The number of hydrogen-bond acceptors (Lipinski definition) is 2. The molecule has 0 bridgehead atoms. The number of benzene rings is 2. The van der Waals surface area contributed by atoms with Crippen LogP contribution in [0.1, 0.15) is 17.5 Å². The normalized spacial score (nSPS) is 13.7. The van der Waals surface area contributed by atoms with Gasteiger partial charge in [-0.3, -0.25) is 0 Å². The Bertz CT molecular complexity index is 624. The van der Waals surface area contributed by atoms with Gasteiger partial charge < -0.3 is 10.1 Å². The van der Waals surface area contributed by atoms with Crippen molar-refractivity contribution in [1.82, 2.24) is 5.32 Å². The van der Waals surface area contributed by atoms with Crippen LogP contribution in [0, 0.1) is 0 Å². The molecular weight excluding hydrogens is 270 g/mol. The molecule has 0 fully saturated rings. The van der Waals surface area contributed by atoms with Crippen molar-refractivity contribution in [2.45, 2.75) is 19.4 Å². The van der Waals surface area contributed by atoms with Crippen LogP contribution in [0.25, 0.3) is 11.1 Å². The van der Waals surface area contributed by atoms with Crippen LogP contribution >= 0.6 is 11.6 Å². The highest BCUT2D eigenvalue weighted by molar-refractivity contribution is 6.31. The Morgan fingerprint density at radius 1 is 1.15 bits per heavy atom. The summed E-state index contributed by atoms with van der Waals surface area (Å²) in [5, 5.41) is 3.93. The molecule has 3 rings (SSSR count). The highest BCUT2D eigenvalue weighted by Crippen LogP contribution is 2.31. The van der Waals surface area contributed by atoms with E-state index in [9.17, 15) is 0 Å². The zero-order valence-corrected chi connectivity index (χ0v) is 12.3. The van der Waals surface area contributed by atoms with Gasteiger partial charge in [0.15, 0.2) is 0 Å². The smallest absolute Gasteiger partial charge is 0.122 e. The molecule has 0 amide bonds. The van der Waals surface area contributed by atoms with Gasteiger partial charge in [-0.05, 0) is 60.3 Å². The van der Waals surface area contributed by atoms with E-state index >= 15 is 0 Å². The van der Waals surface area contributed by atoms with Gasteiger partial charge in [-0.1, -0.05) is 29.8 Å². The molecule has 20 heavy (non-hydrogen) atoms. The summed E-state index contributed by atoms with van der Waals surface area (Å²) in [6, 6.07) is 12.7. The summed E-state index contributed by atoms with van der Waals surface area (Å²) < 4.78 is 5.65. The average Bonchev–Trinajstić information content (AvgIpc) is 2.49. The maximum Gasteiger partial charge on any atom is 0.122 e. The second kappa shape index (κ2) is 5.86. The van der Waals surface area contributed by atoms with Crippen molar-refractivity contribution in [3.8, 4) is 16.9 Å². The van der Waals surface area contributed by atoms with Gasteiger partial charge in [-0.25, -0.2) is 0 Å². The minimum atomic E-state index is 0.789. The summed E-state index contributed by atoms with van der Waals surface area (Å²) in [7, 11) is 1.92. The SMILES string of the molecule is CNCc1ccc(-c2ccc3c(c2)CCCO3)cc1Cl. The van der Waals surface area contributed by atoms with E-state index in [1.54, 1.807) is 0 Å². The molecule has 0 radical (unpaired) electrons. The lowest BCUT2D eigenvalue weighted by atomic mass is 9.98. The highest BCUT2D eigenvalue weighted by Gasteiger charge is 2.11. The molecule has 3 heteroatoms. The van der Waals surface area contributed by atoms with Crippen LogP contribution in [0.4, 0.5) is 0 Å². The first-order valence-electron chi connectivity index (χ1n) is 6.97. The molecule has 104 valence electrons. The largest absolute Gasteiger partial charge is 0.493 e. The van der Waals surface area contributed by atoms with E-state index in [1.165, 1.54) is 11.1 Å². The minimum absolute atomic E-state index is 0.789. The molecule has 0 spiro atoms. The van der Waals surface area contributed by atoms with Gasteiger partial charge in [-0.2, -0.15) is 0 Å². The lowest BCUT2D eigenvalue weighted by Crippen LogP contribution is -2.08. The Morgan fingerprint density at radius 2 is 1.95 bits per heavy atom. The molecule has 0 saturated heterocycles. The lowest BCUT2D eigenvalue weighted by molar-refractivity contribution is 0.288. The predicted molar refractivity (Wildman–Crippen MR) is 83.5 cm³/mol. The number of aryl methyl sites for hydroxylation is 1. The Kier molecular flexibility index (Phi) is 3.95. The van der Waals surface area contributed by atoms with E-state index in [4.69, 9.17) is 16.3 Å². The number of halogens is 1. The summed E-state index contributed by atoms with van der Waals surface area (Å²) in [5.41, 5.74) is 4.78. The molecule has 1 N–H and O–H groups in total. The maximum atomic E-state index is 6.34. The van der Waals surface area contributed by atoms with Crippen molar-refractivity contribution >= 4 is 11.6 Å². The standard InChI is InChI=1S/C17H18ClNO/c1-19-11-15-5-4-13(10-16(15)18)12-6-7-17-14(9-12)3-2-8-20-17/h4-7,9-10,19H,2-3,8,11H2,1H3. The third-order valence-corrected chi connectivity index (χ3v) is 4.01. The summed E-state index contributed by atoms with van der Waals surface area (Å²) in [4.78, 5) is 0. The van der Waals surface area contributed by atoms with Gasteiger partial charge >= 0.3 is 0 Å². The molecule has 1 aliphatic rings. The van der Waals surface area contributed by atoms with E-state index in [0.717, 1.165) is 47.9 Å². The lowest BCUT2D eigenvalue weighted by Gasteiger charge is -2.18. The third kappa shape index (κ3) is 2.67. The fourth-order valence-electron chi connectivity index (χ4n) is 2.60. The summed E-state index contributed by atoms with van der Waals surface area (Å²) in [5.74, 6) is 1.03. The molecule has 1 aliphatic heterocycles. The zero-order valence-electron chi connectivity index (χ0n) is 11.6. The van der Waals surface area contributed by atoms with Crippen LogP contribution in [-0.2, 0) is 13.0 Å². The van der Waals surface area contributed by atoms with Crippen LogP contribution in [-0.4, -0.2) is 13.7 Å². The number of hydrogen-bond donors (Lipinski definition) is 1. The van der Waals surface area contributed by atoms with Crippen LogP contribution < -0.4 is 10.1 Å². The topological polar surface area (TPSA) is 21.3 Å². The summed E-state index contributed by atoms with van der Waals surface area (Å²) >= 11 is 6.34. The average molecular weight is 288 g/mol. The van der Waals surface area contributed by atoms with Gasteiger partial charge in [0, 0.05) is 11.6 Å². The van der Waals surface area contributed by atoms with Crippen molar-refractivity contribution in [3.63, 3.8) is 0 Å². The van der Waals surface area contributed by atoms with Crippen molar-refractivity contribution in [1.29, 1.82) is 0 Å². The van der Waals surface area contributed by atoms with Gasteiger partial charge in [-0.15, -0.1) is 0 Å². The molecule has 0 aromatic heterocycles. The van der Waals surface area contributed by atoms with Gasteiger partial charge in [0.05, 0.1) is 6.61 Å². The molecule has 1 heterocycles. The van der Waals surface area contributed by atoms with Gasteiger partial charge in [0.1, 0.15) is 5.75 Å². The molecule has 2 nitrogen and oxygen atoms in total. The quantitative estimate of drug-likeness (QED) is 0.919. The Hall–Kier alpha value is -1.51. The first kappa shape index (κ1) is 13.5. The second-order valence-corrected chi connectivity index (χ2v) is 5.52. The summed E-state index contributed by atoms with van der Waals surface area (Å²) in [6.07, 6.45) is 2.19. The number of fused-ring (bicyclic) bond motifs is 1. The summed E-state index contributed by atoms with van der Waals surface area (Å²) in [6.45, 7) is 1.62. The third-order valence-electron chi connectivity index (χ3n) is 3.66. The zero-order chi connectivity index (χ0) is 13.9. The highest BCUT2D eigenvalue weighted by atomic mass is 35.5. The number of nitrogens with one attached hydrogen (secondary N) is 1. The minimum Gasteiger partial charge on any atom is -0.493 e. The fraction of sp³-hybridized carbons (Fsp3) is 0.294. The van der Waals surface area contributed by atoms with E-state index in [0.29, 0.717) is 0 Å². The molecular formula is C17H18ClNO. The van der Waals surface area contributed by atoms with Crippen molar-refractivity contribution < 1.29 is 4.74 Å². The van der Waals surface area contributed by atoms with Gasteiger partial charge in [0.2, 0.25) is 0 Å². The molecule has 2 aromatic rings. The van der Waals surface area contributed by atoms with Crippen LogP contribution in [0.15, 0.2) is 36.4 Å². The van der Waals surface area contributed by atoms with Crippen molar-refractivity contribution in [3.05, 3.63) is 52.5 Å². The molecule has 0 aliphatic carbocycles. The predicted octanol–water partition coefficient (Wildman–Crippen LogP) is 4.05. The fourth-order valence-corrected chi connectivity index (χ4v) is 2.85. The van der Waals surface area contributed by atoms with E-state index in [1.807, 2.05) is 13.1 Å². The Balaban J connectivity index is 1.94. The van der Waals surface area contributed by atoms with Crippen molar-refractivity contribution in [2.24, 2.45) is 0 Å². The Morgan fingerprint density at radius 3 is 2.75 bits per heavy atom. The molecule has 2 aromatic carbocycles. The first-order chi connectivity index (χ1) is 9.78. The maximum absolute atomic E-state index is 6.34. The van der Waals surface area contributed by atoms with Crippen LogP contribution in [0.3, 0.4) is 0 Å². The Labute approximate surface area is 124 Å². The number of rotatable bonds is 3. The number of ether oxygens (including phenoxy) is 1. The first-order valence-corrected chi connectivity index (χ1v) is 7.35. The van der Waals surface area contributed by atoms with E-state index < -0.39 is 0 Å². The van der Waals surface area contributed by atoms with Gasteiger partial charge in [0.25, 0.3) is 0 Å². The van der Waals surface area contributed by atoms with E-state index in [2.05, 4.69) is 35.6 Å². The van der Waals surface area contributed by atoms with Crippen LogP contribution in [0.2, 0.25) is 5.02 Å². The van der Waals surface area contributed by atoms with Crippen LogP contribution in [0.5, 0.6) is 5.75 Å². The molecule has 0 saturated carbocycles. The monoisotopic (exact) mass is 287 g/mol.